The van der Waals surface area contributed by atoms with Crippen LogP contribution in [0.4, 0.5) is 0 Å². The van der Waals surface area contributed by atoms with E-state index in [9.17, 15) is 5.11 Å². The molecule has 1 aliphatic carbocycles. The molecule has 1 saturated carbocycles. The van der Waals surface area contributed by atoms with Gasteiger partial charge in [-0.3, -0.25) is 0 Å². The van der Waals surface area contributed by atoms with Crippen LogP contribution in [0.2, 0.25) is 0 Å². The first-order chi connectivity index (χ1) is 8.67. The molecule has 3 heteroatoms. The Morgan fingerprint density at radius 1 is 1.22 bits per heavy atom. The molecular formula is C15H30N2O. The monoisotopic (exact) mass is 254 g/mol. The topological polar surface area (TPSA) is 35.5 Å². The Labute approximate surface area is 112 Å². The Morgan fingerprint density at radius 2 is 1.94 bits per heavy atom. The first-order valence-corrected chi connectivity index (χ1v) is 7.69. The lowest BCUT2D eigenvalue weighted by molar-refractivity contribution is 0.0739. The SMILES string of the molecule is CNC(C)(CO)CCN1CCC2CCCCC2C1. The molecule has 0 bridgehead atoms. The van der Waals surface area contributed by atoms with Gasteiger partial charge in [0.2, 0.25) is 0 Å². The van der Waals surface area contributed by atoms with E-state index in [1.807, 2.05) is 7.05 Å². The minimum absolute atomic E-state index is 0.108. The van der Waals surface area contributed by atoms with Gasteiger partial charge in [0.05, 0.1) is 6.61 Å². The molecule has 2 N–H and O–H groups in total. The fourth-order valence-electron chi connectivity index (χ4n) is 3.57. The molecule has 106 valence electrons. The van der Waals surface area contributed by atoms with Crippen LogP contribution in [0.3, 0.4) is 0 Å². The second-order valence-electron chi connectivity index (χ2n) is 6.61. The summed E-state index contributed by atoms with van der Waals surface area (Å²) in [6, 6.07) is 0. The van der Waals surface area contributed by atoms with Crippen molar-refractivity contribution in [3.8, 4) is 0 Å². The Balaban J connectivity index is 1.77. The smallest absolute Gasteiger partial charge is 0.0610 e. The highest BCUT2D eigenvalue weighted by Gasteiger charge is 2.31. The molecule has 1 heterocycles. The normalized spacial score (nSPS) is 32.8. The van der Waals surface area contributed by atoms with Crippen LogP contribution >= 0.6 is 0 Å². The van der Waals surface area contributed by atoms with Crippen LogP contribution < -0.4 is 5.32 Å². The highest BCUT2D eigenvalue weighted by Crippen LogP contribution is 2.36. The lowest BCUT2D eigenvalue weighted by Crippen LogP contribution is -2.48. The third kappa shape index (κ3) is 3.46. The molecule has 0 amide bonds. The fourth-order valence-corrected chi connectivity index (χ4v) is 3.57. The lowest BCUT2D eigenvalue weighted by atomic mass is 9.75. The summed E-state index contributed by atoms with van der Waals surface area (Å²) in [5.74, 6) is 1.98. The number of likely N-dealkylation sites (tertiary alicyclic amines) is 1. The van der Waals surface area contributed by atoms with Gasteiger partial charge in [0.25, 0.3) is 0 Å². The number of nitrogens with one attached hydrogen (secondary N) is 1. The van der Waals surface area contributed by atoms with E-state index in [0.717, 1.165) is 24.8 Å². The number of fused-ring (bicyclic) bond motifs is 1. The summed E-state index contributed by atoms with van der Waals surface area (Å²) in [5, 5.41) is 12.7. The van der Waals surface area contributed by atoms with E-state index in [2.05, 4.69) is 17.1 Å². The van der Waals surface area contributed by atoms with Crippen molar-refractivity contribution >= 4 is 0 Å². The predicted molar refractivity (Wildman–Crippen MR) is 75.7 cm³/mol. The molecule has 0 aromatic carbocycles. The van der Waals surface area contributed by atoms with Gasteiger partial charge in [-0.2, -0.15) is 0 Å². The zero-order valence-corrected chi connectivity index (χ0v) is 12.1. The molecule has 0 radical (unpaired) electrons. The number of aliphatic hydroxyl groups excluding tert-OH is 1. The van der Waals surface area contributed by atoms with Crippen molar-refractivity contribution in [2.24, 2.45) is 11.8 Å². The lowest BCUT2D eigenvalue weighted by Gasteiger charge is -2.42. The van der Waals surface area contributed by atoms with Gasteiger partial charge in [-0.25, -0.2) is 0 Å². The van der Waals surface area contributed by atoms with Crippen LogP contribution in [0.1, 0.15) is 45.4 Å². The van der Waals surface area contributed by atoms with Crippen LogP contribution in [-0.2, 0) is 0 Å². The fraction of sp³-hybridized carbons (Fsp3) is 1.00. The van der Waals surface area contributed by atoms with Crippen molar-refractivity contribution in [2.45, 2.75) is 51.0 Å². The Morgan fingerprint density at radius 3 is 2.61 bits per heavy atom. The summed E-state index contributed by atoms with van der Waals surface area (Å²) in [6.07, 6.45) is 8.27. The molecule has 2 fully saturated rings. The van der Waals surface area contributed by atoms with Gasteiger partial charge in [-0.05, 0) is 58.2 Å². The van der Waals surface area contributed by atoms with Crippen molar-refractivity contribution in [3.63, 3.8) is 0 Å². The Hall–Kier alpha value is -0.120. The Kier molecular flexibility index (Phi) is 5.05. The van der Waals surface area contributed by atoms with E-state index < -0.39 is 0 Å². The molecule has 18 heavy (non-hydrogen) atoms. The first kappa shape index (κ1) is 14.3. The molecule has 1 saturated heterocycles. The molecule has 3 nitrogen and oxygen atoms in total. The maximum atomic E-state index is 9.42. The minimum atomic E-state index is -0.108. The van der Waals surface area contributed by atoms with E-state index >= 15 is 0 Å². The average molecular weight is 254 g/mol. The molecule has 3 atom stereocenters. The standard InChI is InChI=1S/C15H30N2O/c1-15(12-18,16-2)8-10-17-9-7-13-5-3-4-6-14(13)11-17/h13-14,16,18H,3-12H2,1-2H3. The summed E-state index contributed by atoms with van der Waals surface area (Å²) in [4.78, 5) is 2.62. The predicted octanol–water partition coefficient (Wildman–Crippen LogP) is 1.86. The quantitative estimate of drug-likeness (QED) is 0.786. The highest BCUT2D eigenvalue weighted by molar-refractivity contribution is 4.86. The molecular weight excluding hydrogens is 224 g/mol. The molecule has 0 spiro atoms. The van der Waals surface area contributed by atoms with Gasteiger partial charge in [0.1, 0.15) is 0 Å². The van der Waals surface area contributed by atoms with E-state index in [1.54, 1.807) is 0 Å². The second-order valence-corrected chi connectivity index (χ2v) is 6.61. The number of rotatable bonds is 5. The summed E-state index contributed by atoms with van der Waals surface area (Å²) in [7, 11) is 1.95. The molecule has 0 aromatic rings. The molecule has 3 unspecified atom stereocenters. The number of nitrogens with zero attached hydrogens (tertiary/aromatic N) is 1. The summed E-state index contributed by atoms with van der Waals surface area (Å²) in [6.45, 7) is 6.03. The molecule has 1 aliphatic heterocycles. The Bertz CT molecular complexity index is 253. The van der Waals surface area contributed by atoms with Crippen molar-refractivity contribution < 1.29 is 5.11 Å². The molecule has 2 aliphatic rings. The number of hydrogen-bond acceptors (Lipinski definition) is 3. The van der Waals surface area contributed by atoms with Crippen molar-refractivity contribution in [1.82, 2.24) is 10.2 Å². The number of aliphatic hydroxyl groups is 1. The van der Waals surface area contributed by atoms with E-state index in [0.29, 0.717) is 0 Å². The zero-order chi connectivity index (χ0) is 13.0. The van der Waals surface area contributed by atoms with E-state index in [4.69, 9.17) is 0 Å². The number of piperidine rings is 1. The van der Waals surface area contributed by atoms with Crippen LogP contribution in [0.25, 0.3) is 0 Å². The van der Waals surface area contributed by atoms with Gasteiger partial charge in [0.15, 0.2) is 0 Å². The molecule has 0 aromatic heterocycles. The summed E-state index contributed by atoms with van der Waals surface area (Å²) < 4.78 is 0. The van der Waals surface area contributed by atoms with Crippen LogP contribution in [0.5, 0.6) is 0 Å². The van der Waals surface area contributed by atoms with Crippen LogP contribution in [0.15, 0.2) is 0 Å². The van der Waals surface area contributed by atoms with Gasteiger partial charge < -0.3 is 15.3 Å². The zero-order valence-electron chi connectivity index (χ0n) is 12.1. The second kappa shape index (κ2) is 6.36. The van der Waals surface area contributed by atoms with Crippen molar-refractivity contribution in [1.29, 1.82) is 0 Å². The number of likely N-dealkylation sites (N-methyl/N-ethyl adjacent to an activating group) is 1. The first-order valence-electron chi connectivity index (χ1n) is 7.69. The largest absolute Gasteiger partial charge is 0.394 e. The third-order valence-corrected chi connectivity index (χ3v) is 5.31. The highest BCUT2D eigenvalue weighted by atomic mass is 16.3. The van der Waals surface area contributed by atoms with Gasteiger partial charge in [0, 0.05) is 12.1 Å². The summed E-state index contributed by atoms with van der Waals surface area (Å²) in [5.41, 5.74) is -0.108. The van der Waals surface area contributed by atoms with Crippen LogP contribution in [-0.4, -0.2) is 48.8 Å². The maximum Gasteiger partial charge on any atom is 0.0610 e. The van der Waals surface area contributed by atoms with Crippen molar-refractivity contribution in [3.05, 3.63) is 0 Å². The summed E-state index contributed by atoms with van der Waals surface area (Å²) >= 11 is 0. The van der Waals surface area contributed by atoms with E-state index in [1.165, 1.54) is 45.2 Å². The van der Waals surface area contributed by atoms with Gasteiger partial charge in [-0.1, -0.05) is 19.3 Å². The minimum Gasteiger partial charge on any atom is -0.394 e. The third-order valence-electron chi connectivity index (χ3n) is 5.31. The maximum absolute atomic E-state index is 9.42. The number of hydrogen-bond donors (Lipinski definition) is 2. The molecule has 2 rings (SSSR count). The van der Waals surface area contributed by atoms with Gasteiger partial charge in [-0.15, -0.1) is 0 Å². The average Bonchev–Trinajstić information content (AvgIpc) is 2.44. The van der Waals surface area contributed by atoms with Gasteiger partial charge >= 0.3 is 0 Å². The van der Waals surface area contributed by atoms with Crippen molar-refractivity contribution in [2.75, 3.05) is 33.3 Å². The van der Waals surface area contributed by atoms with Crippen LogP contribution in [0, 0.1) is 11.8 Å². The van der Waals surface area contributed by atoms with E-state index in [-0.39, 0.29) is 12.1 Å².